The normalized spacial score (nSPS) is 16.1. The zero-order chi connectivity index (χ0) is 26.1. The molecule has 2 amide bonds. The zero-order valence-corrected chi connectivity index (χ0v) is 21.7. The van der Waals surface area contributed by atoms with Gasteiger partial charge in [0.25, 0.3) is 5.91 Å². The number of fused-ring (bicyclic) bond motifs is 3. The van der Waals surface area contributed by atoms with E-state index in [1.54, 1.807) is 54.3 Å². The van der Waals surface area contributed by atoms with E-state index in [-0.39, 0.29) is 17.7 Å². The lowest BCUT2D eigenvalue weighted by atomic mass is 10.0. The number of methoxy groups -OCH3 is 1. The van der Waals surface area contributed by atoms with Crippen LogP contribution in [0.15, 0.2) is 42.5 Å². The number of hydrogen-bond acceptors (Lipinski definition) is 8. The van der Waals surface area contributed by atoms with E-state index in [1.807, 2.05) is 0 Å². The Kier molecular flexibility index (Phi) is 6.94. The van der Waals surface area contributed by atoms with Crippen LogP contribution in [-0.4, -0.2) is 43.1 Å². The van der Waals surface area contributed by atoms with Gasteiger partial charge in [-0.25, -0.2) is 9.59 Å². The molecule has 5 rings (SSSR count). The molecule has 0 fully saturated rings. The van der Waals surface area contributed by atoms with Gasteiger partial charge in [0, 0.05) is 16.4 Å². The van der Waals surface area contributed by atoms with E-state index in [0.29, 0.717) is 48.0 Å². The largest absolute Gasteiger partial charge is 0.493 e. The summed E-state index contributed by atoms with van der Waals surface area (Å²) in [4.78, 5) is 40.4. The van der Waals surface area contributed by atoms with Gasteiger partial charge in [-0.15, -0.1) is 11.3 Å². The van der Waals surface area contributed by atoms with Crippen molar-refractivity contribution in [2.24, 2.45) is 0 Å². The molecule has 0 aliphatic carbocycles. The number of nitrogens with zero attached hydrogens (tertiary/aromatic N) is 1. The molecule has 3 aromatic rings. The Hall–Kier alpha value is -3.76. The minimum absolute atomic E-state index is 0.182. The Bertz CT molecular complexity index is 1370. The molecule has 192 valence electrons. The van der Waals surface area contributed by atoms with Crippen LogP contribution in [0.3, 0.4) is 0 Å². The van der Waals surface area contributed by atoms with E-state index in [1.165, 1.54) is 18.4 Å². The Balaban J connectivity index is 1.34. The first kappa shape index (κ1) is 24.9. The number of carbonyl (C=O) groups excluding carboxylic acids is 3. The summed E-state index contributed by atoms with van der Waals surface area (Å²) in [6, 6.07) is 11.5. The van der Waals surface area contributed by atoms with Crippen LogP contribution in [-0.2, 0) is 17.7 Å². The molecule has 1 atom stereocenters. The molecule has 0 bridgehead atoms. The van der Waals surface area contributed by atoms with Gasteiger partial charge in [-0.3, -0.25) is 4.79 Å². The lowest BCUT2D eigenvalue weighted by Gasteiger charge is -2.28. The molecule has 37 heavy (non-hydrogen) atoms. The quantitative estimate of drug-likeness (QED) is 0.346. The van der Waals surface area contributed by atoms with Gasteiger partial charge in [-0.2, -0.15) is 0 Å². The second-order valence-corrected chi connectivity index (χ2v) is 9.98. The molecule has 0 unspecified atom stereocenters. The fourth-order valence-electron chi connectivity index (χ4n) is 4.35. The van der Waals surface area contributed by atoms with E-state index in [2.05, 4.69) is 10.6 Å². The maximum Gasteiger partial charge on any atom is 0.410 e. The second-order valence-electron chi connectivity index (χ2n) is 8.44. The Labute approximate surface area is 222 Å². The summed E-state index contributed by atoms with van der Waals surface area (Å²) in [5, 5.41) is 7.66. The fourth-order valence-corrected chi connectivity index (χ4v) is 5.76. The molecule has 0 spiro atoms. The van der Waals surface area contributed by atoms with Crippen LogP contribution in [0.1, 0.15) is 49.8 Å². The van der Waals surface area contributed by atoms with Gasteiger partial charge in [0.1, 0.15) is 11.2 Å². The van der Waals surface area contributed by atoms with Crippen LogP contribution in [0.4, 0.5) is 9.80 Å². The van der Waals surface area contributed by atoms with Crippen molar-refractivity contribution in [3.8, 4) is 11.5 Å². The topological polar surface area (TPSA) is 106 Å². The van der Waals surface area contributed by atoms with Gasteiger partial charge >= 0.3 is 12.1 Å². The number of amides is 2. The van der Waals surface area contributed by atoms with E-state index in [9.17, 15) is 14.4 Å². The van der Waals surface area contributed by atoms with Crippen LogP contribution in [0.2, 0.25) is 5.02 Å². The molecule has 2 N–H and O–H groups in total. The van der Waals surface area contributed by atoms with Crippen LogP contribution in [0.25, 0.3) is 0 Å². The monoisotopic (exact) mass is 541 g/mol. The first-order valence-electron chi connectivity index (χ1n) is 11.7. The van der Waals surface area contributed by atoms with E-state index >= 15 is 0 Å². The third kappa shape index (κ3) is 4.94. The molecule has 2 aliphatic heterocycles. The van der Waals surface area contributed by atoms with Crippen molar-refractivity contribution in [2.45, 2.75) is 26.1 Å². The zero-order valence-electron chi connectivity index (χ0n) is 20.1. The molecule has 0 radical (unpaired) electrons. The summed E-state index contributed by atoms with van der Waals surface area (Å²) < 4.78 is 16.1. The predicted molar refractivity (Wildman–Crippen MR) is 139 cm³/mol. The standard InChI is InChI=1S/C26H24ClN3O6S/c1-3-35-26(33)30-11-10-17-20(13-30)37-24-21(17)23(31)28-22(29-24)15-6-9-18(19(12-15)34-2)36-25(32)14-4-7-16(27)8-5-14/h4-9,12,22,29H,3,10-11,13H2,1-2H3,(H,28,31)/t22-/m1/s1. The van der Waals surface area contributed by atoms with Crippen molar-refractivity contribution in [2.75, 3.05) is 25.6 Å². The van der Waals surface area contributed by atoms with Crippen LogP contribution < -0.4 is 20.1 Å². The summed E-state index contributed by atoms with van der Waals surface area (Å²) in [7, 11) is 1.48. The number of thiophene rings is 1. The highest BCUT2D eigenvalue weighted by molar-refractivity contribution is 7.16. The molecule has 0 saturated carbocycles. The minimum atomic E-state index is -0.544. The first-order valence-corrected chi connectivity index (χ1v) is 12.9. The fraction of sp³-hybridized carbons (Fsp3) is 0.269. The molecular weight excluding hydrogens is 518 g/mol. The van der Waals surface area contributed by atoms with Crippen molar-refractivity contribution in [3.63, 3.8) is 0 Å². The highest BCUT2D eigenvalue weighted by atomic mass is 35.5. The molecule has 0 saturated heterocycles. The summed E-state index contributed by atoms with van der Waals surface area (Å²) in [6.45, 7) is 3.00. The maximum atomic E-state index is 13.1. The molecule has 1 aromatic heterocycles. The van der Waals surface area contributed by atoms with Crippen molar-refractivity contribution in [3.05, 3.63) is 74.6 Å². The molecule has 3 heterocycles. The summed E-state index contributed by atoms with van der Waals surface area (Å²) in [6.07, 6.45) is -0.281. The van der Waals surface area contributed by atoms with Gasteiger partial charge in [0.15, 0.2) is 11.5 Å². The van der Waals surface area contributed by atoms with Gasteiger partial charge in [-0.05, 0) is 60.9 Å². The average molecular weight is 542 g/mol. The number of rotatable bonds is 5. The predicted octanol–water partition coefficient (Wildman–Crippen LogP) is 5.00. The lowest BCUT2D eigenvalue weighted by molar-refractivity contribution is 0.0729. The summed E-state index contributed by atoms with van der Waals surface area (Å²) >= 11 is 7.36. The lowest BCUT2D eigenvalue weighted by Crippen LogP contribution is -2.39. The van der Waals surface area contributed by atoms with Crippen molar-refractivity contribution >= 4 is 45.9 Å². The summed E-state index contributed by atoms with van der Waals surface area (Å²) in [5.41, 5.74) is 2.67. The van der Waals surface area contributed by atoms with Crippen molar-refractivity contribution in [1.29, 1.82) is 0 Å². The molecule has 2 aliphatic rings. The van der Waals surface area contributed by atoms with Gasteiger partial charge in [0.2, 0.25) is 0 Å². The number of ether oxygens (including phenoxy) is 3. The smallest absolute Gasteiger partial charge is 0.410 e. The maximum absolute atomic E-state index is 13.1. The SMILES string of the molecule is CCOC(=O)N1CCc2c(sc3c2C(=O)N[C@@H](c2ccc(OC(=O)c4ccc(Cl)cc4)c(OC)c2)N3)C1. The highest BCUT2D eigenvalue weighted by Gasteiger charge is 2.34. The molecule has 9 nitrogen and oxygen atoms in total. The third-order valence-electron chi connectivity index (χ3n) is 6.16. The number of halogens is 1. The molecule has 2 aromatic carbocycles. The van der Waals surface area contributed by atoms with Crippen LogP contribution in [0, 0.1) is 0 Å². The van der Waals surface area contributed by atoms with E-state index in [4.69, 9.17) is 25.8 Å². The highest BCUT2D eigenvalue weighted by Crippen LogP contribution is 2.41. The molecular formula is C26H24ClN3O6S. The van der Waals surface area contributed by atoms with Gasteiger partial charge < -0.3 is 29.7 Å². The number of benzene rings is 2. The number of hydrogen-bond donors (Lipinski definition) is 2. The second kappa shape index (κ2) is 10.3. The van der Waals surface area contributed by atoms with Crippen LogP contribution in [0.5, 0.6) is 11.5 Å². The Morgan fingerprint density at radius 1 is 1.14 bits per heavy atom. The van der Waals surface area contributed by atoms with E-state index < -0.39 is 12.1 Å². The first-order chi connectivity index (χ1) is 17.9. The van der Waals surface area contributed by atoms with Gasteiger partial charge in [0.05, 0.1) is 31.4 Å². The van der Waals surface area contributed by atoms with Crippen LogP contribution >= 0.6 is 22.9 Å². The average Bonchev–Trinajstić information content (AvgIpc) is 3.27. The third-order valence-corrected chi connectivity index (χ3v) is 7.56. The van der Waals surface area contributed by atoms with E-state index in [0.717, 1.165) is 21.0 Å². The summed E-state index contributed by atoms with van der Waals surface area (Å²) in [5.74, 6) is -0.132. The number of carbonyl (C=O) groups is 3. The number of esters is 1. The number of nitrogens with one attached hydrogen (secondary N) is 2. The molecule has 11 heteroatoms. The number of anilines is 1. The van der Waals surface area contributed by atoms with Gasteiger partial charge in [-0.1, -0.05) is 17.7 Å². The Morgan fingerprint density at radius 2 is 1.92 bits per heavy atom. The van der Waals surface area contributed by atoms with Crippen molar-refractivity contribution in [1.82, 2.24) is 10.2 Å². The Morgan fingerprint density at radius 3 is 2.65 bits per heavy atom. The minimum Gasteiger partial charge on any atom is -0.493 e. The van der Waals surface area contributed by atoms with Crippen molar-refractivity contribution < 1.29 is 28.6 Å².